The van der Waals surface area contributed by atoms with E-state index in [9.17, 15) is 28.5 Å². The number of alkyl halides is 2. The monoisotopic (exact) mass is 450 g/mol. The van der Waals surface area contributed by atoms with Crippen molar-refractivity contribution in [2.45, 2.75) is 38.7 Å². The molecule has 31 heavy (non-hydrogen) atoms. The van der Waals surface area contributed by atoms with Crippen molar-refractivity contribution in [1.82, 2.24) is 14.8 Å². The summed E-state index contributed by atoms with van der Waals surface area (Å²) in [5.41, 5.74) is 6.16. The Labute approximate surface area is 177 Å². The molecule has 1 saturated carbocycles. The number of nitrogens with one attached hydrogen (secondary N) is 1. The summed E-state index contributed by atoms with van der Waals surface area (Å²) in [6.45, 7) is 1.21. The van der Waals surface area contributed by atoms with Crippen molar-refractivity contribution in [3.8, 4) is 0 Å². The summed E-state index contributed by atoms with van der Waals surface area (Å²) in [7, 11) is 0. The van der Waals surface area contributed by atoms with Crippen LogP contribution in [0.1, 0.15) is 51.8 Å². The van der Waals surface area contributed by atoms with E-state index in [2.05, 4.69) is 15.4 Å². The summed E-state index contributed by atoms with van der Waals surface area (Å²) >= 11 is 0.837. The van der Waals surface area contributed by atoms with Crippen molar-refractivity contribution in [3.05, 3.63) is 44.1 Å². The first kappa shape index (κ1) is 20.8. The number of anilines is 1. The van der Waals surface area contributed by atoms with E-state index in [0.29, 0.717) is 16.6 Å². The third-order valence-corrected chi connectivity index (χ3v) is 5.99. The van der Waals surface area contributed by atoms with Crippen molar-refractivity contribution in [3.63, 3.8) is 0 Å². The number of fused-ring (bicyclic) bond motifs is 1. The molecule has 0 bridgehead atoms. The molecular weight excluding hydrogens is 434 g/mol. The summed E-state index contributed by atoms with van der Waals surface area (Å²) in [5, 5.41) is 17.7. The minimum atomic E-state index is -2.78. The number of halogens is 2. The normalized spacial score (nSPS) is 13.7. The van der Waals surface area contributed by atoms with Crippen molar-refractivity contribution >= 4 is 44.9 Å². The molecule has 3 aromatic heterocycles. The van der Waals surface area contributed by atoms with Crippen LogP contribution in [-0.2, 0) is 11.3 Å². The van der Waals surface area contributed by atoms with Crippen molar-refractivity contribution < 1.29 is 23.3 Å². The van der Waals surface area contributed by atoms with Gasteiger partial charge >= 0.3 is 5.82 Å². The number of aromatic nitrogens is 3. The third kappa shape index (κ3) is 3.95. The maximum Gasteiger partial charge on any atom is 0.390 e. The SMILES string of the molecule is Cc1cc([N+](=O)[O-])nn1CC(=O)Nc1c(C(N)=O)sc2nc(C(F)F)cc(C3CC3)c12. The lowest BCUT2D eigenvalue weighted by Crippen LogP contribution is -2.22. The van der Waals surface area contributed by atoms with Crippen LogP contribution >= 0.6 is 11.3 Å². The number of primary amides is 1. The maximum atomic E-state index is 13.3. The van der Waals surface area contributed by atoms with Crippen LogP contribution in [0.5, 0.6) is 0 Å². The van der Waals surface area contributed by atoms with Gasteiger partial charge in [0.2, 0.25) is 5.91 Å². The number of nitrogens with two attached hydrogens (primary N) is 1. The van der Waals surface area contributed by atoms with Crippen LogP contribution in [0.3, 0.4) is 0 Å². The first-order chi connectivity index (χ1) is 14.7. The maximum absolute atomic E-state index is 13.3. The van der Waals surface area contributed by atoms with E-state index in [-0.39, 0.29) is 27.9 Å². The van der Waals surface area contributed by atoms with Gasteiger partial charge in [-0.3, -0.25) is 9.59 Å². The number of aryl methyl sites for hydroxylation is 1. The molecule has 0 unspecified atom stereocenters. The Hall–Kier alpha value is -3.48. The van der Waals surface area contributed by atoms with Crippen LogP contribution < -0.4 is 11.1 Å². The lowest BCUT2D eigenvalue weighted by molar-refractivity contribution is -0.389. The second kappa shape index (κ2) is 7.65. The molecule has 4 rings (SSSR count). The Morgan fingerprint density at radius 3 is 2.68 bits per heavy atom. The molecule has 10 nitrogen and oxygen atoms in total. The number of hydrogen-bond acceptors (Lipinski definition) is 7. The van der Waals surface area contributed by atoms with Crippen molar-refractivity contribution in [2.75, 3.05) is 5.32 Å². The lowest BCUT2D eigenvalue weighted by atomic mass is 10.0. The molecule has 0 saturated heterocycles. The number of carbonyl (C=O) groups is 2. The predicted octanol–water partition coefficient (Wildman–Crippen LogP) is 3.26. The number of thiophene rings is 1. The highest BCUT2D eigenvalue weighted by atomic mass is 32.1. The molecule has 3 aromatic rings. The quantitative estimate of drug-likeness (QED) is 0.417. The van der Waals surface area contributed by atoms with E-state index in [1.807, 2.05) is 0 Å². The lowest BCUT2D eigenvalue weighted by Gasteiger charge is -2.10. The summed E-state index contributed by atoms with van der Waals surface area (Å²) in [4.78, 5) is 39.0. The molecule has 162 valence electrons. The Balaban J connectivity index is 1.74. The molecule has 3 heterocycles. The Bertz CT molecular complexity index is 1230. The molecule has 1 aliphatic rings. The van der Waals surface area contributed by atoms with Gasteiger partial charge < -0.3 is 21.2 Å². The van der Waals surface area contributed by atoms with Crippen LogP contribution in [0.4, 0.5) is 20.3 Å². The van der Waals surface area contributed by atoms with Gasteiger partial charge in [-0.15, -0.1) is 11.3 Å². The average Bonchev–Trinajstić information content (AvgIpc) is 3.39. The van der Waals surface area contributed by atoms with E-state index in [4.69, 9.17) is 5.73 Å². The number of carbonyl (C=O) groups excluding carboxylic acids is 2. The van der Waals surface area contributed by atoms with Crippen LogP contribution in [-0.4, -0.2) is 31.5 Å². The van der Waals surface area contributed by atoms with Crippen LogP contribution in [0, 0.1) is 17.0 Å². The van der Waals surface area contributed by atoms with Gasteiger partial charge in [-0.05, 0) is 42.2 Å². The summed E-state index contributed by atoms with van der Waals surface area (Å²) < 4.78 is 27.7. The van der Waals surface area contributed by atoms with E-state index in [1.165, 1.54) is 12.1 Å². The van der Waals surface area contributed by atoms with Gasteiger partial charge in [-0.1, -0.05) is 0 Å². The summed E-state index contributed by atoms with van der Waals surface area (Å²) in [6, 6.07) is 2.53. The average molecular weight is 450 g/mol. The number of pyridine rings is 1. The standard InChI is InChI=1S/C18H16F2N6O4S/c1-7-4-11(26(29)30)24-25(7)6-12(27)23-14-13-9(8-2-3-8)5-10(16(19)20)22-18(13)31-15(14)17(21)28/h4-5,8,16H,2-3,6H2,1H3,(H2,21,28)(H,23,27). The molecule has 1 fully saturated rings. The van der Waals surface area contributed by atoms with Crippen molar-refractivity contribution in [1.29, 1.82) is 0 Å². The molecule has 0 radical (unpaired) electrons. The Morgan fingerprint density at radius 2 is 2.13 bits per heavy atom. The topological polar surface area (TPSA) is 146 Å². The second-order valence-electron chi connectivity index (χ2n) is 7.17. The van der Waals surface area contributed by atoms with Crippen molar-refractivity contribution in [2.24, 2.45) is 5.73 Å². The van der Waals surface area contributed by atoms with Gasteiger partial charge in [0.1, 0.15) is 21.9 Å². The molecular formula is C18H16F2N6O4S. The van der Waals surface area contributed by atoms with Gasteiger partial charge in [0.05, 0.1) is 22.5 Å². The largest absolute Gasteiger partial charge is 0.390 e. The fourth-order valence-electron chi connectivity index (χ4n) is 3.32. The highest BCUT2D eigenvalue weighted by Gasteiger charge is 2.32. The summed E-state index contributed by atoms with van der Waals surface area (Å²) in [5.74, 6) is -1.80. The minimum absolute atomic E-state index is 0.00710. The fourth-order valence-corrected chi connectivity index (χ4v) is 4.35. The Morgan fingerprint density at radius 1 is 1.42 bits per heavy atom. The zero-order valence-corrected chi connectivity index (χ0v) is 16.9. The highest BCUT2D eigenvalue weighted by molar-refractivity contribution is 7.21. The zero-order chi connectivity index (χ0) is 22.4. The van der Waals surface area contributed by atoms with Gasteiger partial charge in [0, 0.05) is 5.39 Å². The van der Waals surface area contributed by atoms with E-state index in [1.54, 1.807) is 6.92 Å². The minimum Gasteiger partial charge on any atom is -0.365 e. The number of amides is 2. The third-order valence-electron chi connectivity index (χ3n) is 4.89. The van der Waals surface area contributed by atoms with Gasteiger partial charge in [0.25, 0.3) is 12.3 Å². The number of hydrogen-bond donors (Lipinski definition) is 2. The number of nitrogens with zero attached hydrogens (tertiary/aromatic N) is 4. The highest BCUT2D eigenvalue weighted by Crippen LogP contribution is 2.48. The van der Waals surface area contributed by atoms with Crippen LogP contribution in [0.25, 0.3) is 10.2 Å². The number of nitro groups is 1. The van der Waals surface area contributed by atoms with E-state index >= 15 is 0 Å². The zero-order valence-electron chi connectivity index (χ0n) is 16.1. The second-order valence-corrected chi connectivity index (χ2v) is 8.17. The van der Waals surface area contributed by atoms with Gasteiger partial charge in [0.15, 0.2) is 0 Å². The first-order valence-electron chi connectivity index (χ1n) is 9.19. The molecule has 0 aromatic carbocycles. The van der Waals surface area contributed by atoms with Crippen LogP contribution in [0.2, 0.25) is 0 Å². The molecule has 0 aliphatic heterocycles. The molecule has 3 N–H and O–H groups in total. The molecule has 13 heteroatoms. The van der Waals surface area contributed by atoms with Gasteiger partial charge in [-0.2, -0.15) is 4.68 Å². The fraction of sp³-hybridized carbons (Fsp3) is 0.333. The first-order valence-corrected chi connectivity index (χ1v) is 10.0. The van der Waals surface area contributed by atoms with E-state index in [0.717, 1.165) is 28.9 Å². The summed E-state index contributed by atoms with van der Waals surface area (Å²) in [6.07, 6.45) is -1.18. The van der Waals surface area contributed by atoms with Crippen LogP contribution in [0.15, 0.2) is 12.1 Å². The molecule has 0 spiro atoms. The number of rotatable bonds is 7. The van der Waals surface area contributed by atoms with Gasteiger partial charge in [-0.25, -0.2) is 13.8 Å². The Kier molecular flexibility index (Phi) is 5.13. The predicted molar refractivity (Wildman–Crippen MR) is 107 cm³/mol. The molecule has 1 aliphatic carbocycles. The smallest absolute Gasteiger partial charge is 0.365 e. The van der Waals surface area contributed by atoms with E-state index < -0.39 is 34.7 Å². The molecule has 2 amide bonds. The molecule has 0 atom stereocenters.